The number of hydrogen-bond donors (Lipinski definition) is 0. The third-order valence-corrected chi connectivity index (χ3v) is 16.6. The highest BCUT2D eigenvalue weighted by molar-refractivity contribution is 5.98. The molecule has 404 valence electrons. The quantitative estimate of drug-likeness (QED) is 0.0447. The minimum Gasteiger partial charge on any atom is -0.489 e. The van der Waals surface area contributed by atoms with E-state index in [0.717, 1.165) is 60.3 Å². The second-order valence-corrected chi connectivity index (χ2v) is 21.4. The molecule has 3 amide bonds. The highest BCUT2D eigenvalue weighted by atomic mass is 19.4. The van der Waals surface area contributed by atoms with Gasteiger partial charge in [-0.25, -0.2) is 4.79 Å². The summed E-state index contributed by atoms with van der Waals surface area (Å²) in [6.07, 6.45) is 2.48. The number of aryl methyl sites for hydroxylation is 1. The number of unbranched alkanes of at least 4 members (excludes halogenated alkanes) is 4. The van der Waals surface area contributed by atoms with Crippen molar-refractivity contribution in [3.05, 3.63) is 155 Å². The number of rotatable bonds is 22. The number of allylic oxidation sites excluding steroid dienone is 4. The molecule has 4 aromatic carbocycles. The lowest BCUT2D eigenvalue weighted by Crippen LogP contribution is -2.60. The summed E-state index contributed by atoms with van der Waals surface area (Å²) >= 11 is 0. The number of nitrogens with zero attached hydrogens (tertiary/aromatic N) is 2. The van der Waals surface area contributed by atoms with Crippen LogP contribution in [0.4, 0.5) is 44.3 Å². The van der Waals surface area contributed by atoms with Gasteiger partial charge < -0.3 is 14.4 Å². The first-order chi connectivity index (χ1) is 35.7. The Balaban J connectivity index is 0.935. The molecule has 75 heavy (non-hydrogen) atoms. The molecule has 8 rings (SSSR count). The Labute approximate surface area is 434 Å². The number of halogens is 9. The van der Waals surface area contributed by atoms with Gasteiger partial charge in [0.05, 0.1) is 24.8 Å². The van der Waals surface area contributed by atoms with Crippen molar-refractivity contribution in [3.63, 3.8) is 0 Å². The highest BCUT2D eigenvalue weighted by Crippen LogP contribution is 2.62. The lowest BCUT2D eigenvalue weighted by molar-refractivity contribution is -0.396. The minimum atomic E-state index is -7.04. The molecule has 1 aliphatic heterocycles. The van der Waals surface area contributed by atoms with Crippen LogP contribution in [0, 0.1) is 23.2 Å². The number of carbonyl (C=O) groups excluding carboxylic acids is 2. The number of imide groups is 1. The Morgan fingerprint density at radius 3 is 2.07 bits per heavy atom. The van der Waals surface area contributed by atoms with Gasteiger partial charge in [0, 0.05) is 24.8 Å². The fourth-order valence-corrected chi connectivity index (χ4v) is 12.4. The molecular weight excluding hydrogens is 984 g/mol. The molecule has 4 aliphatic rings. The molecular formula is C60H67F9N2O4. The average molecular weight is 1050 g/mol. The molecule has 0 unspecified atom stereocenters. The van der Waals surface area contributed by atoms with Crippen LogP contribution in [0.2, 0.25) is 0 Å². The Morgan fingerprint density at radius 2 is 1.40 bits per heavy atom. The second kappa shape index (κ2) is 23.0. The van der Waals surface area contributed by atoms with E-state index < -0.39 is 66.7 Å². The summed E-state index contributed by atoms with van der Waals surface area (Å²) in [5.74, 6) is -20.5. The molecule has 1 heterocycles. The van der Waals surface area contributed by atoms with Crippen molar-refractivity contribution in [3.8, 4) is 5.75 Å². The average Bonchev–Trinajstić information content (AvgIpc) is 3.86. The van der Waals surface area contributed by atoms with Crippen molar-refractivity contribution in [2.24, 2.45) is 23.2 Å². The van der Waals surface area contributed by atoms with E-state index in [9.17, 15) is 49.1 Å². The van der Waals surface area contributed by atoms with Gasteiger partial charge in [0.1, 0.15) is 12.4 Å². The van der Waals surface area contributed by atoms with Gasteiger partial charge in [-0.05, 0) is 128 Å². The van der Waals surface area contributed by atoms with Gasteiger partial charge in [-0.3, -0.25) is 9.69 Å². The van der Waals surface area contributed by atoms with E-state index in [1.165, 1.54) is 34.2 Å². The summed E-state index contributed by atoms with van der Waals surface area (Å²) in [6, 6.07) is 32.9. The molecule has 0 spiro atoms. The van der Waals surface area contributed by atoms with Gasteiger partial charge in [-0.1, -0.05) is 141 Å². The van der Waals surface area contributed by atoms with E-state index in [1.54, 1.807) is 37.3 Å². The van der Waals surface area contributed by atoms with Gasteiger partial charge in [-0.15, -0.1) is 0 Å². The maximum atomic E-state index is 15.0. The maximum Gasteiger partial charge on any atom is 0.460 e. The first kappa shape index (κ1) is 55.7. The SMILES string of the molecule is C[C@H]1[C@@H](c2ccccc2)N(C(=O)[C@H](CCCCCC/C=C/CC2=C3c4ccc(OCc5ccccc5)cc4CC[C@H]3[C@@H]3CC[C@H](OCc4ccccc4)[C@@]3(C)C2)CCC(F)(F)C(F)(F)C(F)(F)C(F)(F)F)C(=O)N1C. The predicted molar refractivity (Wildman–Crippen MR) is 270 cm³/mol. The Kier molecular flexibility index (Phi) is 17.0. The molecule has 6 nitrogen and oxygen atoms in total. The van der Waals surface area contributed by atoms with Crippen LogP contribution in [0.1, 0.15) is 131 Å². The monoisotopic (exact) mass is 1050 g/mol. The Hall–Kier alpha value is -5.57. The zero-order chi connectivity index (χ0) is 53.8. The largest absolute Gasteiger partial charge is 0.489 e. The number of benzene rings is 4. The third-order valence-electron chi connectivity index (χ3n) is 16.6. The molecule has 4 aromatic rings. The zero-order valence-electron chi connectivity index (χ0n) is 42.8. The highest BCUT2D eigenvalue weighted by Gasteiger charge is 2.81. The summed E-state index contributed by atoms with van der Waals surface area (Å²) in [5, 5.41) is 0. The molecule has 0 aromatic heterocycles. The van der Waals surface area contributed by atoms with E-state index in [-0.39, 0.29) is 24.4 Å². The first-order valence-electron chi connectivity index (χ1n) is 26.3. The minimum absolute atomic E-state index is 0.0504. The van der Waals surface area contributed by atoms with E-state index in [1.807, 2.05) is 48.5 Å². The van der Waals surface area contributed by atoms with Crippen molar-refractivity contribution in [2.45, 2.75) is 159 Å². The van der Waals surface area contributed by atoms with Gasteiger partial charge in [0.15, 0.2) is 0 Å². The number of fused-ring (bicyclic) bond motifs is 5. The molecule has 7 atom stereocenters. The van der Waals surface area contributed by atoms with E-state index in [2.05, 4.69) is 49.4 Å². The van der Waals surface area contributed by atoms with Gasteiger partial charge >= 0.3 is 30.0 Å². The van der Waals surface area contributed by atoms with Crippen LogP contribution in [0.15, 0.2) is 127 Å². The molecule has 1 saturated heterocycles. The maximum absolute atomic E-state index is 15.0. The fraction of sp³-hybridized carbons (Fsp3) is 0.500. The lowest BCUT2D eigenvalue weighted by Gasteiger charge is -2.48. The number of ether oxygens (including phenoxy) is 2. The Morgan fingerprint density at radius 1 is 0.760 bits per heavy atom. The summed E-state index contributed by atoms with van der Waals surface area (Å²) < 4.78 is 138. The second-order valence-electron chi connectivity index (χ2n) is 21.4. The fourth-order valence-electron chi connectivity index (χ4n) is 12.4. The number of hydrogen-bond acceptors (Lipinski definition) is 4. The van der Waals surface area contributed by atoms with Crippen LogP contribution < -0.4 is 4.74 Å². The topological polar surface area (TPSA) is 59.1 Å². The van der Waals surface area contributed by atoms with Crippen LogP contribution in [-0.4, -0.2) is 64.9 Å². The van der Waals surface area contributed by atoms with Gasteiger partial charge in [0.2, 0.25) is 5.91 Å². The normalized spacial score (nSPS) is 23.6. The Bertz CT molecular complexity index is 2640. The van der Waals surface area contributed by atoms with Crippen LogP contribution >= 0.6 is 0 Å². The van der Waals surface area contributed by atoms with Gasteiger partial charge in [-0.2, -0.15) is 39.5 Å². The predicted octanol–water partition coefficient (Wildman–Crippen LogP) is 16.2. The molecule has 3 aliphatic carbocycles. The van der Waals surface area contributed by atoms with Crippen molar-refractivity contribution in [1.29, 1.82) is 0 Å². The summed E-state index contributed by atoms with van der Waals surface area (Å²) in [7, 11) is 1.44. The number of amides is 3. The van der Waals surface area contributed by atoms with Crippen molar-refractivity contribution in [2.75, 3.05) is 7.05 Å². The summed E-state index contributed by atoms with van der Waals surface area (Å²) in [6.45, 7) is 5.11. The molecule has 0 radical (unpaired) electrons. The van der Waals surface area contributed by atoms with Crippen molar-refractivity contribution in [1.82, 2.24) is 9.80 Å². The van der Waals surface area contributed by atoms with E-state index in [0.29, 0.717) is 56.3 Å². The van der Waals surface area contributed by atoms with E-state index in [4.69, 9.17) is 9.47 Å². The van der Waals surface area contributed by atoms with Crippen LogP contribution in [0.5, 0.6) is 5.75 Å². The standard InChI is InChI=1S/C60H67F9N2O4/c1-40-53(43-24-18-11-19-25-43)71(55(73)70(40)3)54(72)44(34-35-57(61,62)58(63,64)59(65,66)60(67,68)69)26-16-7-5-4-6-8-17-27-46-37-56(2)50(32-33-51(56)75-39-42-22-14-10-15-23-42)49-30-28-45-36-47(29-31-48(45)52(46)49)74-38-41-20-12-9-13-21-41/h8-15,17-25,29,31,36,40,44,49-51,53H,4-7,16,26-28,30,32-35,37-39H2,1-3H3/b17-8+/t40-,44+,49-,50-,51-,53-,56-/m0/s1. The molecule has 2 fully saturated rings. The number of urea groups is 1. The van der Waals surface area contributed by atoms with Gasteiger partial charge in [0.25, 0.3) is 0 Å². The molecule has 1 saturated carbocycles. The van der Waals surface area contributed by atoms with Crippen molar-refractivity contribution < 1.29 is 58.6 Å². The number of carbonyl (C=O) groups is 2. The molecule has 15 heteroatoms. The van der Waals surface area contributed by atoms with E-state index >= 15 is 0 Å². The van der Waals surface area contributed by atoms with Crippen molar-refractivity contribution >= 4 is 17.5 Å². The number of alkyl halides is 9. The first-order valence-corrected chi connectivity index (χ1v) is 26.3. The third kappa shape index (κ3) is 11.6. The summed E-state index contributed by atoms with van der Waals surface area (Å²) in [4.78, 5) is 29.9. The van der Waals surface area contributed by atoms with Crippen LogP contribution in [0.3, 0.4) is 0 Å². The smallest absolute Gasteiger partial charge is 0.460 e. The lowest BCUT2D eigenvalue weighted by atomic mass is 9.57. The summed E-state index contributed by atoms with van der Waals surface area (Å²) in [5.41, 5.74) is 8.14. The molecule has 0 N–H and O–H groups in total. The van der Waals surface area contributed by atoms with Crippen LogP contribution in [-0.2, 0) is 29.2 Å². The molecule has 0 bridgehead atoms. The zero-order valence-corrected chi connectivity index (χ0v) is 42.8. The van der Waals surface area contributed by atoms with Crippen LogP contribution in [0.25, 0.3) is 5.57 Å². The number of likely N-dealkylation sites (N-methyl/N-ethyl adjacent to an activating group) is 1.